The van der Waals surface area contributed by atoms with E-state index in [1.54, 1.807) is 26.8 Å². The third-order valence-corrected chi connectivity index (χ3v) is 9.06. The summed E-state index contributed by atoms with van der Waals surface area (Å²) in [6.45, 7) is 1.57. The Balaban J connectivity index is 1.49. The summed E-state index contributed by atoms with van der Waals surface area (Å²) in [5, 5.41) is 9.83. The summed E-state index contributed by atoms with van der Waals surface area (Å²) < 4.78 is 0. The number of unbranched alkanes of at least 4 members (excludes halogenated alkanes) is 2. The molecule has 0 aromatic heterocycles. The molecule has 0 bridgehead atoms. The smallest absolute Gasteiger partial charge is 0.267 e. The van der Waals surface area contributed by atoms with Gasteiger partial charge in [-0.05, 0) is 67.8 Å². The van der Waals surface area contributed by atoms with Crippen LogP contribution in [0, 0.1) is 5.92 Å². The van der Waals surface area contributed by atoms with Crippen molar-refractivity contribution in [2.24, 2.45) is 11.7 Å². The first-order valence-corrected chi connectivity index (χ1v) is 15.4. The van der Waals surface area contributed by atoms with E-state index in [0.717, 1.165) is 56.1 Å². The van der Waals surface area contributed by atoms with Crippen LogP contribution in [-0.4, -0.2) is 75.4 Å². The normalized spacial score (nSPS) is 23.7. The van der Waals surface area contributed by atoms with Crippen LogP contribution in [0.3, 0.4) is 0 Å². The number of phenols is 1. The lowest BCUT2D eigenvalue weighted by Crippen LogP contribution is -2.75. The second kappa shape index (κ2) is 13.5. The number of piperazine rings is 1. The fraction of sp³-hybridized carbons (Fsp3) is 0.545. The average molecular weight is 561 g/mol. The van der Waals surface area contributed by atoms with E-state index in [1.807, 2.05) is 42.5 Å². The van der Waals surface area contributed by atoms with Crippen molar-refractivity contribution >= 4 is 17.7 Å². The number of aromatic hydroxyl groups is 1. The van der Waals surface area contributed by atoms with Gasteiger partial charge in [0.25, 0.3) is 5.91 Å². The first-order chi connectivity index (χ1) is 20.0. The van der Waals surface area contributed by atoms with Gasteiger partial charge in [-0.3, -0.25) is 14.4 Å². The lowest BCUT2D eigenvalue weighted by Gasteiger charge is -2.54. The molecule has 2 aromatic carbocycles. The predicted octanol–water partition coefficient (Wildman–Crippen LogP) is 3.85. The standard InChI is InChI=1S/C33H44N4O4/c34-18-8-3-9-19-35-30(39)22-27(20-24-10-4-1-5-11-24)37-31(35)33(41)36(23-26-12-6-2-7-13-26)29(32(37)40)21-25-14-16-28(38)17-15-25/h1,4-5,10-11,14-17,26-27,29,31,38H,2-3,6-9,12-13,18-23,34H2/t27-,29-,31?/m0/s1. The lowest BCUT2D eigenvalue weighted by atomic mass is 9.86. The van der Waals surface area contributed by atoms with Crippen LogP contribution < -0.4 is 5.73 Å². The van der Waals surface area contributed by atoms with E-state index >= 15 is 0 Å². The third-order valence-electron chi connectivity index (χ3n) is 9.06. The zero-order valence-electron chi connectivity index (χ0n) is 24.0. The Labute approximate surface area is 243 Å². The number of hydrogen-bond donors (Lipinski definition) is 2. The van der Waals surface area contributed by atoms with Gasteiger partial charge in [-0.15, -0.1) is 0 Å². The van der Waals surface area contributed by atoms with E-state index < -0.39 is 12.2 Å². The van der Waals surface area contributed by atoms with Gasteiger partial charge in [0.15, 0.2) is 6.17 Å². The molecule has 3 fully saturated rings. The number of nitrogens with zero attached hydrogens (tertiary/aromatic N) is 3. The minimum atomic E-state index is -0.907. The van der Waals surface area contributed by atoms with Gasteiger partial charge in [0.2, 0.25) is 11.8 Å². The molecule has 2 aliphatic heterocycles. The Morgan fingerprint density at radius 3 is 2.20 bits per heavy atom. The minimum Gasteiger partial charge on any atom is -0.508 e. The van der Waals surface area contributed by atoms with E-state index in [1.165, 1.54) is 6.42 Å². The Morgan fingerprint density at radius 2 is 1.49 bits per heavy atom. The third kappa shape index (κ3) is 6.75. The summed E-state index contributed by atoms with van der Waals surface area (Å²) in [7, 11) is 0. The van der Waals surface area contributed by atoms with E-state index in [0.29, 0.717) is 38.4 Å². The monoisotopic (exact) mass is 560 g/mol. The molecule has 3 atom stereocenters. The molecule has 0 radical (unpaired) electrons. The summed E-state index contributed by atoms with van der Waals surface area (Å²) >= 11 is 0. The van der Waals surface area contributed by atoms with E-state index in [-0.39, 0.29) is 35.9 Å². The van der Waals surface area contributed by atoms with Crippen LogP contribution >= 0.6 is 0 Å². The summed E-state index contributed by atoms with van der Waals surface area (Å²) in [6.07, 6.45) is 8.29. The second-order valence-corrected chi connectivity index (χ2v) is 12.0. The number of nitrogens with two attached hydrogens (primary N) is 1. The van der Waals surface area contributed by atoms with Crippen LogP contribution in [0.4, 0.5) is 0 Å². The van der Waals surface area contributed by atoms with Crippen LogP contribution in [0.2, 0.25) is 0 Å². The molecule has 3 aliphatic rings. The Kier molecular flexibility index (Phi) is 9.60. The van der Waals surface area contributed by atoms with Gasteiger partial charge in [0.05, 0.1) is 0 Å². The van der Waals surface area contributed by atoms with Crippen molar-refractivity contribution in [2.45, 2.75) is 88.9 Å². The van der Waals surface area contributed by atoms with Gasteiger partial charge < -0.3 is 25.5 Å². The maximum Gasteiger partial charge on any atom is 0.267 e. The van der Waals surface area contributed by atoms with Gasteiger partial charge in [-0.2, -0.15) is 0 Å². The predicted molar refractivity (Wildman–Crippen MR) is 158 cm³/mol. The number of benzene rings is 2. The fourth-order valence-electron chi connectivity index (χ4n) is 6.89. The van der Waals surface area contributed by atoms with Crippen molar-refractivity contribution in [3.05, 3.63) is 65.7 Å². The van der Waals surface area contributed by atoms with Crippen LogP contribution in [0.25, 0.3) is 0 Å². The lowest BCUT2D eigenvalue weighted by molar-refractivity contribution is -0.184. The molecule has 1 saturated carbocycles. The molecule has 3 amide bonds. The van der Waals surface area contributed by atoms with E-state index in [2.05, 4.69) is 0 Å². The topological polar surface area (TPSA) is 107 Å². The highest BCUT2D eigenvalue weighted by molar-refractivity contribution is 6.00. The Bertz CT molecular complexity index is 1180. The Morgan fingerprint density at radius 1 is 0.780 bits per heavy atom. The summed E-state index contributed by atoms with van der Waals surface area (Å²) in [6, 6.07) is 15.8. The number of carbonyl (C=O) groups excluding carboxylic acids is 3. The van der Waals surface area contributed by atoms with Gasteiger partial charge in [-0.1, -0.05) is 68.1 Å². The van der Waals surface area contributed by atoms with Crippen molar-refractivity contribution in [1.29, 1.82) is 0 Å². The maximum absolute atomic E-state index is 14.6. The second-order valence-electron chi connectivity index (χ2n) is 12.0. The van der Waals surface area contributed by atoms with Crippen LogP contribution in [-0.2, 0) is 27.2 Å². The Hall–Kier alpha value is -3.39. The van der Waals surface area contributed by atoms with Crippen molar-refractivity contribution < 1.29 is 19.5 Å². The molecule has 8 heteroatoms. The summed E-state index contributed by atoms with van der Waals surface area (Å²) in [5.74, 6) is 0.242. The first kappa shape index (κ1) is 29.1. The molecule has 220 valence electrons. The van der Waals surface area contributed by atoms with Gasteiger partial charge in [0.1, 0.15) is 11.8 Å². The van der Waals surface area contributed by atoms with Crippen LogP contribution in [0.5, 0.6) is 5.75 Å². The highest BCUT2D eigenvalue weighted by Crippen LogP contribution is 2.34. The SMILES string of the molecule is NCCCCCN1C(=O)C[C@H](Cc2ccccc2)N2C(=O)[C@H](Cc3ccc(O)cc3)N(CC3CCCCC3)C(=O)C12. The van der Waals surface area contributed by atoms with E-state index in [4.69, 9.17) is 5.73 Å². The van der Waals surface area contributed by atoms with Crippen molar-refractivity contribution in [1.82, 2.24) is 14.7 Å². The largest absolute Gasteiger partial charge is 0.508 e. The average Bonchev–Trinajstić information content (AvgIpc) is 2.98. The van der Waals surface area contributed by atoms with Gasteiger partial charge in [-0.25, -0.2) is 0 Å². The number of hydrogen-bond acceptors (Lipinski definition) is 5. The van der Waals surface area contributed by atoms with Crippen molar-refractivity contribution in [2.75, 3.05) is 19.6 Å². The molecule has 3 N–H and O–H groups in total. The highest BCUT2D eigenvalue weighted by atomic mass is 16.3. The fourth-order valence-corrected chi connectivity index (χ4v) is 6.89. The molecule has 0 spiro atoms. The quantitative estimate of drug-likeness (QED) is 0.406. The summed E-state index contributed by atoms with van der Waals surface area (Å²) in [5.41, 5.74) is 7.64. The molecule has 41 heavy (non-hydrogen) atoms. The van der Waals surface area contributed by atoms with Gasteiger partial charge in [0, 0.05) is 32.0 Å². The number of carbonyl (C=O) groups is 3. The molecule has 2 saturated heterocycles. The highest BCUT2D eigenvalue weighted by Gasteiger charge is 2.54. The first-order valence-electron chi connectivity index (χ1n) is 15.4. The zero-order chi connectivity index (χ0) is 28.8. The van der Waals surface area contributed by atoms with Crippen molar-refractivity contribution in [3.63, 3.8) is 0 Å². The number of fused-ring (bicyclic) bond motifs is 1. The summed E-state index contributed by atoms with van der Waals surface area (Å²) in [4.78, 5) is 48.0. The maximum atomic E-state index is 14.6. The molecule has 8 nitrogen and oxygen atoms in total. The molecule has 5 rings (SSSR count). The number of amides is 3. The van der Waals surface area contributed by atoms with Gasteiger partial charge >= 0.3 is 0 Å². The molecule has 2 aromatic rings. The zero-order valence-corrected chi connectivity index (χ0v) is 24.0. The van der Waals surface area contributed by atoms with Crippen molar-refractivity contribution in [3.8, 4) is 5.75 Å². The van der Waals surface area contributed by atoms with E-state index in [9.17, 15) is 19.5 Å². The van der Waals surface area contributed by atoms with Crippen LogP contribution in [0.15, 0.2) is 54.6 Å². The minimum absolute atomic E-state index is 0.0596. The molecular weight excluding hydrogens is 516 g/mol. The van der Waals surface area contributed by atoms with Crippen LogP contribution in [0.1, 0.15) is 68.9 Å². The molecular formula is C33H44N4O4. The number of phenolic OH excluding ortho intramolecular Hbond substituents is 1. The molecule has 1 unspecified atom stereocenters. The number of rotatable bonds is 11. The molecule has 1 aliphatic carbocycles. The molecule has 2 heterocycles.